The quantitative estimate of drug-likeness (QED) is 0.876. The number of hydrogen-bond donors (Lipinski definition) is 1. The monoisotopic (exact) mass is 307 g/mol. The molecule has 0 spiro atoms. The number of nitrogens with one attached hydrogen (secondary N) is 1. The van der Waals surface area contributed by atoms with Crippen LogP contribution in [0.2, 0.25) is 0 Å². The zero-order valence-corrected chi connectivity index (χ0v) is 13.0. The van der Waals surface area contributed by atoms with Gasteiger partial charge in [0.05, 0.1) is 5.69 Å². The Morgan fingerprint density at radius 1 is 1.32 bits per heavy atom. The molecule has 1 heterocycles. The lowest BCUT2D eigenvalue weighted by molar-refractivity contribution is -0.121. The molecule has 1 fully saturated rings. The Kier molecular flexibility index (Phi) is 5.35. The summed E-state index contributed by atoms with van der Waals surface area (Å²) in [7, 11) is 0. The van der Waals surface area contributed by atoms with Crippen molar-refractivity contribution in [3.8, 4) is 0 Å². The second-order valence-corrected chi connectivity index (χ2v) is 5.84. The SMILES string of the molecule is CC(C)CCNC(=O)CN1CCN(c2ccccc2F)C1=O. The van der Waals surface area contributed by atoms with Crippen LogP contribution < -0.4 is 10.2 Å². The Morgan fingerprint density at radius 3 is 2.73 bits per heavy atom. The Hall–Kier alpha value is -2.11. The molecule has 0 aromatic heterocycles. The number of carbonyl (C=O) groups is 2. The van der Waals surface area contributed by atoms with E-state index in [1.54, 1.807) is 18.2 Å². The first-order valence-electron chi connectivity index (χ1n) is 7.56. The summed E-state index contributed by atoms with van der Waals surface area (Å²) < 4.78 is 13.8. The number of carbonyl (C=O) groups excluding carboxylic acids is 2. The van der Waals surface area contributed by atoms with Gasteiger partial charge in [-0.25, -0.2) is 9.18 Å². The lowest BCUT2D eigenvalue weighted by Crippen LogP contribution is -2.40. The van der Waals surface area contributed by atoms with Crippen LogP contribution in [0.4, 0.5) is 14.9 Å². The molecular weight excluding hydrogens is 285 g/mol. The maximum absolute atomic E-state index is 13.8. The van der Waals surface area contributed by atoms with Crippen LogP contribution in [0.25, 0.3) is 0 Å². The highest BCUT2D eigenvalue weighted by atomic mass is 19.1. The number of nitrogens with zero attached hydrogens (tertiary/aromatic N) is 2. The zero-order chi connectivity index (χ0) is 16.1. The molecule has 0 radical (unpaired) electrons. The molecule has 0 bridgehead atoms. The maximum Gasteiger partial charge on any atom is 0.325 e. The van der Waals surface area contributed by atoms with E-state index in [1.807, 2.05) is 0 Å². The normalized spacial score (nSPS) is 14.8. The summed E-state index contributed by atoms with van der Waals surface area (Å²) in [6, 6.07) is 5.83. The number of urea groups is 1. The van der Waals surface area contributed by atoms with Gasteiger partial charge >= 0.3 is 6.03 Å². The molecule has 6 heteroatoms. The third kappa shape index (κ3) is 3.96. The summed E-state index contributed by atoms with van der Waals surface area (Å²) >= 11 is 0. The second kappa shape index (κ2) is 7.24. The van der Waals surface area contributed by atoms with E-state index in [1.165, 1.54) is 15.9 Å². The van der Waals surface area contributed by atoms with Gasteiger partial charge in [0.15, 0.2) is 0 Å². The molecule has 1 N–H and O–H groups in total. The topological polar surface area (TPSA) is 52.7 Å². The highest BCUT2D eigenvalue weighted by molar-refractivity contribution is 5.96. The molecule has 22 heavy (non-hydrogen) atoms. The van der Waals surface area contributed by atoms with Gasteiger partial charge in [-0.1, -0.05) is 26.0 Å². The van der Waals surface area contributed by atoms with E-state index in [2.05, 4.69) is 19.2 Å². The molecule has 2 rings (SSSR count). The van der Waals surface area contributed by atoms with E-state index in [9.17, 15) is 14.0 Å². The van der Waals surface area contributed by atoms with Crippen molar-refractivity contribution >= 4 is 17.6 Å². The first-order chi connectivity index (χ1) is 10.5. The van der Waals surface area contributed by atoms with Crippen molar-refractivity contribution in [1.29, 1.82) is 0 Å². The molecule has 1 aliphatic heterocycles. The van der Waals surface area contributed by atoms with E-state index >= 15 is 0 Å². The highest BCUT2D eigenvalue weighted by Gasteiger charge is 2.31. The van der Waals surface area contributed by atoms with E-state index in [4.69, 9.17) is 0 Å². The first-order valence-corrected chi connectivity index (χ1v) is 7.56. The summed E-state index contributed by atoms with van der Waals surface area (Å²) in [4.78, 5) is 26.9. The molecule has 1 saturated heterocycles. The van der Waals surface area contributed by atoms with Crippen molar-refractivity contribution in [3.05, 3.63) is 30.1 Å². The van der Waals surface area contributed by atoms with Crippen molar-refractivity contribution in [2.24, 2.45) is 5.92 Å². The van der Waals surface area contributed by atoms with Crippen molar-refractivity contribution in [2.45, 2.75) is 20.3 Å². The van der Waals surface area contributed by atoms with Gasteiger partial charge in [0.1, 0.15) is 12.4 Å². The van der Waals surface area contributed by atoms with Gasteiger partial charge in [0.2, 0.25) is 5.91 Å². The molecule has 1 aromatic rings. The van der Waals surface area contributed by atoms with E-state index in [0.29, 0.717) is 25.6 Å². The summed E-state index contributed by atoms with van der Waals surface area (Å²) in [5.74, 6) is -0.0891. The third-order valence-electron chi connectivity index (χ3n) is 3.62. The van der Waals surface area contributed by atoms with E-state index in [-0.39, 0.29) is 24.2 Å². The lowest BCUT2D eigenvalue weighted by Gasteiger charge is -2.19. The van der Waals surface area contributed by atoms with Gasteiger partial charge in [0, 0.05) is 19.6 Å². The summed E-state index contributed by atoms with van der Waals surface area (Å²) in [5.41, 5.74) is 0.259. The Bertz CT molecular complexity index is 548. The van der Waals surface area contributed by atoms with Crippen LogP contribution in [0.5, 0.6) is 0 Å². The minimum absolute atomic E-state index is 0.0158. The molecule has 0 aliphatic carbocycles. The molecule has 0 saturated carbocycles. The standard InChI is InChI=1S/C16H22FN3O2/c1-12(2)7-8-18-15(21)11-19-9-10-20(16(19)22)14-6-4-3-5-13(14)17/h3-6,12H,7-11H2,1-2H3,(H,18,21). The molecule has 3 amide bonds. The number of halogens is 1. The van der Waals surface area contributed by atoms with Gasteiger partial charge in [-0.3, -0.25) is 9.69 Å². The molecule has 1 aromatic carbocycles. The van der Waals surface area contributed by atoms with Crippen LogP contribution in [0.15, 0.2) is 24.3 Å². The van der Waals surface area contributed by atoms with Crippen LogP contribution in [-0.4, -0.2) is 43.0 Å². The smallest absolute Gasteiger partial charge is 0.325 e. The minimum atomic E-state index is -0.431. The van der Waals surface area contributed by atoms with E-state index < -0.39 is 5.82 Å². The van der Waals surface area contributed by atoms with Crippen LogP contribution >= 0.6 is 0 Å². The first kappa shape index (κ1) is 16.3. The third-order valence-corrected chi connectivity index (χ3v) is 3.62. The zero-order valence-electron chi connectivity index (χ0n) is 13.0. The summed E-state index contributed by atoms with van der Waals surface area (Å²) in [6.45, 7) is 5.60. The molecule has 1 aliphatic rings. The predicted octanol–water partition coefficient (Wildman–Crippen LogP) is 2.23. The maximum atomic E-state index is 13.8. The van der Waals surface area contributed by atoms with Crippen molar-refractivity contribution in [2.75, 3.05) is 31.1 Å². The van der Waals surface area contributed by atoms with Crippen LogP contribution in [0, 0.1) is 11.7 Å². The average Bonchev–Trinajstić information content (AvgIpc) is 2.80. The minimum Gasteiger partial charge on any atom is -0.355 e. The summed E-state index contributed by atoms with van der Waals surface area (Å²) in [6.07, 6.45) is 0.904. The van der Waals surface area contributed by atoms with Gasteiger partial charge in [-0.15, -0.1) is 0 Å². The number of amides is 3. The Balaban J connectivity index is 1.89. The molecular formula is C16H22FN3O2. The average molecular weight is 307 g/mol. The number of anilines is 1. The second-order valence-electron chi connectivity index (χ2n) is 5.84. The van der Waals surface area contributed by atoms with Gasteiger partial charge in [-0.05, 0) is 24.5 Å². The fourth-order valence-corrected chi connectivity index (χ4v) is 2.35. The molecule has 0 unspecified atom stereocenters. The van der Waals surface area contributed by atoms with Crippen LogP contribution in [-0.2, 0) is 4.79 Å². The molecule has 0 atom stereocenters. The Morgan fingerprint density at radius 2 is 2.05 bits per heavy atom. The predicted molar refractivity (Wildman–Crippen MR) is 83.2 cm³/mol. The lowest BCUT2D eigenvalue weighted by atomic mass is 10.1. The van der Waals surface area contributed by atoms with Gasteiger partial charge in [-0.2, -0.15) is 0 Å². The fraction of sp³-hybridized carbons (Fsp3) is 0.500. The summed E-state index contributed by atoms with van der Waals surface area (Å²) in [5, 5.41) is 2.80. The van der Waals surface area contributed by atoms with Crippen molar-refractivity contribution in [3.63, 3.8) is 0 Å². The molecule has 120 valence electrons. The number of para-hydroxylation sites is 1. The van der Waals surface area contributed by atoms with Gasteiger partial charge < -0.3 is 10.2 Å². The van der Waals surface area contributed by atoms with Crippen LogP contribution in [0.1, 0.15) is 20.3 Å². The number of rotatable bonds is 6. The van der Waals surface area contributed by atoms with Crippen molar-refractivity contribution in [1.82, 2.24) is 10.2 Å². The Labute approximate surface area is 130 Å². The largest absolute Gasteiger partial charge is 0.355 e. The number of hydrogen-bond acceptors (Lipinski definition) is 2. The number of benzene rings is 1. The molecule has 5 nitrogen and oxygen atoms in total. The van der Waals surface area contributed by atoms with Gasteiger partial charge in [0.25, 0.3) is 0 Å². The van der Waals surface area contributed by atoms with Crippen molar-refractivity contribution < 1.29 is 14.0 Å². The van der Waals surface area contributed by atoms with E-state index in [0.717, 1.165) is 6.42 Å². The van der Waals surface area contributed by atoms with Crippen LogP contribution in [0.3, 0.4) is 0 Å². The fourth-order valence-electron chi connectivity index (χ4n) is 2.35. The highest BCUT2D eigenvalue weighted by Crippen LogP contribution is 2.23.